The number of anilines is 3. The van der Waals surface area contributed by atoms with E-state index >= 15 is 0 Å². The van der Waals surface area contributed by atoms with Gasteiger partial charge in [-0.05, 0) is 63.5 Å². The topological polar surface area (TPSA) is 79.1 Å². The Morgan fingerprint density at radius 2 is 1.96 bits per heavy atom. The predicted molar refractivity (Wildman–Crippen MR) is 103 cm³/mol. The molecule has 0 aliphatic heterocycles. The van der Waals surface area contributed by atoms with Crippen molar-refractivity contribution in [3.05, 3.63) is 41.6 Å². The summed E-state index contributed by atoms with van der Waals surface area (Å²) in [5.74, 6) is 2.18. The Kier molecular flexibility index (Phi) is 5.83. The summed E-state index contributed by atoms with van der Waals surface area (Å²) in [5.41, 5.74) is 9.09. The Balaban J connectivity index is 1.70. The molecule has 0 atom stereocenters. The van der Waals surface area contributed by atoms with Crippen LogP contribution in [0.2, 0.25) is 0 Å². The van der Waals surface area contributed by atoms with Gasteiger partial charge in [-0.1, -0.05) is 12.1 Å². The third-order valence-electron chi connectivity index (χ3n) is 4.22. The lowest BCUT2D eigenvalue weighted by atomic mass is 10.2. The second-order valence-electron chi connectivity index (χ2n) is 6.90. The van der Waals surface area contributed by atoms with Crippen LogP contribution in [0.1, 0.15) is 36.3 Å². The minimum absolute atomic E-state index is 0.611. The zero-order valence-electron chi connectivity index (χ0n) is 15.1. The number of rotatable bonds is 9. The summed E-state index contributed by atoms with van der Waals surface area (Å²) in [6, 6.07) is 8.39. The average Bonchev–Trinajstić information content (AvgIpc) is 3.42. The minimum Gasteiger partial charge on any atom is -0.370 e. The lowest BCUT2D eigenvalue weighted by Gasteiger charge is -2.13. The van der Waals surface area contributed by atoms with Crippen molar-refractivity contribution in [2.45, 2.75) is 31.7 Å². The average molecular weight is 340 g/mol. The Labute approximate surface area is 149 Å². The van der Waals surface area contributed by atoms with Crippen LogP contribution < -0.4 is 16.4 Å². The maximum atomic E-state index is 5.59. The second-order valence-corrected chi connectivity index (χ2v) is 6.90. The molecule has 2 aromatic rings. The summed E-state index contributed by atoms with van der Waals surface area (Å²) >= 11 is 0. The minimum atomic E-state index is 0.611. The van der Waals surface area contributed by atoms with Crippen LogP contribution in [0.15, 0.2) is 30.5 Å². The quantitative estimate of drug-likeness (QED) is 0.609. The number of hydrogen-bond donors (Lipinski definition) is 3. The Morgan fingerprint density at radius 1 is 1.20 bits per heavy atom. The van der Waals surface area contributed by atoms with Crippen molar-refractivity contribution in [1.82, 2.24) is 14.9 Å². The molecule has 4 N–H and O–H groups in total. The smallest absolute Gasteiger partial charge is 0.229 e. The van der Waals surface area contributed by atoms with Gasteiger partial charge in [-0.2, -0.15) is 4.98 Å². The fraction of sp³-hybridized carbons (Fsp3) is 0.474. The Bertz CT molecular complexity index is 679. The molecule has 0 spiro atoms. The molecule has 0 bridgehead atoms. The van der Waals surface area contributed by atoms with Gasteiger partial charge in [-0.3, -0.25) is 0 Å². The number of aromatic nitrogens is 2. The van der Waals surface area contributed by atoms with Gasteiger partial charge in [0.2, 0.25) is 5.95 Å². The molecule has 1 aromatic heterocycles. The molecule has 1 aromatic carbocycles. The molecule has 1 fully saturated rings. The van der Waals surface area contributed by atoms with E-state index in [4.69, 9.17) is 5.73 Å². The fourth-order valence-corrected chi connectivity index (χ4v) is 2.78. The highest BCUT2D eigenvalue weighted by Crippen LogP contribution is 2.42. The van der Waals surface area contributed by atoms with Gasteiger partial charge in [0.25, 0.3) is 0 Å². The van der Waals surface area contributed by atoms with Crippen molar-refractivity contribution in [2.75, 3.05) is 37.8 Å². The molecule has 25 heavy (non-hydrogen) atoms. The first kappa shape index (κ1) is 17.6. The molecule has 0 unspecified atom stereocenters. The van der Waals surface area contributed by atoms with Gasteiger partial charge >= 0.3 is 0 Å². The van der Waals surface area contributed by atoms with E-state index in [0.717, 1.165) is 31.0 Å². The van der Waals surface area contributed by atoms with E-state index in [-0.39, 0.29) is 0 Å². The Morgan fingerprint density at radius 3 is 2.60 bits per heavy atom. The lowest BCUT2D eigenvalue weighted by molar-refractivity contribution is 0.402. The molecular weight excluding hydrogens is 312 g/mol. The van der Waals surface area contributed by atoms with Crippen molar-refractivity contribution in [3.63, 3.8) is 0 Å². The van der Waals surface area contributed by atoms with Crippen LogP contribution in [0.3, 0.4) is 0 Å². The van der Waals surface area contributed by atoms with E-state index in [9.17, 15) is 0 Å². The molecule has 6 heteroatoms. The van der Waals surface area contributed by atoms with E-state index in [1.165, 1.54) is 24.0 Å². The van der Waals surface area contributed by atoms with Crippen molar-refractivity contribution in [1.29, 1.82) is 0 Å². The third-order valence-corrected chi connectivity index (χ3v) is 4.22. The second kappa shape index (κ2) is 8.27. The van der Waals surface area contributed by atoms with E-state index < -0.39 is 0 Å². The summed E-state index contributed by atoms with van der Waals surface area (Å²) in [4.78, 5) is 11.3. The molecule has 0 amide bonds. The third kappa shape index (κ3) is 5.14. The highest BCUT2D eigenvalue weighted by Gasteiger charge is 2.27. The Hall–Kier alpha value is -2.18. The van der Waals surface area contributed by atoms with Crippen LogP contribution in [-0.2, 0) is 6.54 Å². The largest absolute Gasteiger partial charge is 0.370 e. The maximum absolute atomic E-state index is 5.59. The molecule has 1 heterocycles. The zero-order chi connectivity index (χ0) is 17.6. The van der Waals surface area contributed by atoms with Crippen LogP contribution in [0.25, 0.3) is 0 Å². The van der Waals surface area contributed by atoms with Crippen LogP contribution in [-0.4, -0.2) is 42.1 Å². The van der Waals surface area contributed by atoms with Crippen molar-refractivity contribution in [3.8, 4) is 0 Å². The highest BCUT2D eigenvalue weighted by atomic mass is 15.1. The molecule has 1 saturated carbocycles. The van der Waals surface area contributed by atoms with E-state index in [1.54, 1.807) is 0 Å². The molecule has 0 saturated heterocycles. The zero-order valence-corrected chi connectivity index (χ0v) is 15.1. The van der Waals surface area contributed by atoms with Gasteiger partial charge < -0.3 is 21.3 Å². The molecule has 1 aliphatic rings. The highest BCUT2D eigenvalue weighted by molar-refractivity contribution is 5.57. The van der Waals surface area contributed by atoms with Gasteiger partial charge in [-0.15, -0.1) is 0 Å². The number of benzene rings is 1. The van der Waals surface area contributed by atoms with Crippen LogP contribution >= 0.6 is 0 Å². The van der Waals surface area contributed by atoms with Gasteiger partial charge in [0, 0.05) is 30.5 Å². The first-order valence-electron chi connectivity index (χ1n) is 8.97. The number of nitrogens with two attached hydrogens (primary N) is 1. The first-order chi connectivity index (χ1) is 12.2. The van der Waals surface area contributed by atoms with Crippen LogP contribution in [0.4, 0.5) is 17.5 Å². The van der Waals surface area contributed by atoms with Gasteiger partial charge in [0.05, 0.1) is 0 Å². The van der Waals surface area contributed by atoms with Crippen molar-refractivity contribution in [2.24, 2.45) is 5.73 Å². The van der Waals surface area contributed by atoms with Crippen LogP contribution in [0.5, 0.6) is 0 Å². The van der Waals surface area contributed by atoms with E-state index in [1.807, 2.05) is 6.20 Å². The standard InChI is InChI=1S/C19H28N6/c1-25(2)13-14-4-8-16(9-5-14)23-19-22-12-17(15-6-7-15)18(24-19)21-11-3-10-20/h4-5,8-9,12,15H,3,6-7,10-11,13,20H2,1-2H3,(H2,21,22,23,24). The van der Waals surface area contributed by atoms with Crippen molar-refractivity contribution >= 4 is 17.5 Å². The summed E-state index contributed by atoms with van der Waals surface area (Å²) < 4.78 is 0. The number of nitrogens with one attached hydrogen (secondary N) is 2. The normalized spacial score (nSPS) is 13.9. The molecule has 1 aliphatic carbocycles. The molecular formula is C19H28N6. The van der Waals surface area contributed by atoms with Gasteiger partial charge in [0.15, 0.2) is 0 Å². The van der Waals surface area contributed by atoms with E-state index in [2.05, 4.69) is 63.9 Å². The SMILES string of the molecule is CN(C)Cc1ccc(Nc2ncc(C3CC3)c(NCCCN)n2)cc1. The maximum Gasteiger partial charge on any atom is 0.229 e. The molecule has 3 rings (SSSR count). The summed E-state index contributed by atoms with van der Waals surface area (Å²) in [6.07, 6.45) is 5.35. The molecule has 134 valence electrons. The van der Waals surface area contributed by atoms with Gasteiger partial charge in [0.1, 0.15) is 5.82 Å². The van der Waals surface area contributed by atoms with Crippen LogP contribution in [0, 0.1) is 0 Å². The summed E-state index contributed by atoms with van der Waals surface area (Å²) in [6.45, 7) is 2.45. The first-order valence-corrected chi connectivity index (χ1v) is 8.97. The number of hydrogen-bond acceptors (Lipinski definition) is 6. The van der Waals surface area contributed by atoms with Gasteiger partial charge in [-0.25, -0.2) is 4.98 Å². The van der Waals surface area contributed by atoms with E-state index in [0.29, 0.717) is 18.4 Å². The summed E-state index contributed by atoms with van der Waals surface area (Å²) in [5, 5.41) is 6.72. The van der Waals surface area contributed by atoms with Crippen molar-refractivity contribution < 1.29 is 0 Å². The summed E-state index contributed by atoms with van der Waals surface area (Å²) in [7, 11) is 4.14. The monoisotopic (exact) mass is 340 g/mol. The predicted octanol–water partition coefficient (Wildman–Crippen LogP) is 2.92. The lowest BCUT2D eigenvalue weighted by Crippen LogP contribution is -2.12. The number of nitrogens with zero attached hydrogens (tertiary/aromatic N) is 3. The fourth-order valence-electron chi connectivity index (χ4n) is 2.78. The molecule has 0 radical (unpaired) electrons. The molecule has 6 nitrogen and oxygen atoms in total.